The summed E-state index contributed by atoms with van der Waals surface area (Å²) < 4.78 is 0. The molecule has 2 saturated carbocycles. The second-order valence-electron chi connectivity index (χ2n) is 7.76. The van der Waals surface area contributed by atoms with Crippen molar-refractivity contribution in [1.29, 1.82) is 0 Å². The number of guanidine groups is 1. The van der Waals surface area contributed by atoms with Gasteiger partial charge in [0, 0.05) is 33.2 Å². The lowest BCUT2D eigenvalue weighted by Gasteiger charge is -2.25. The summed E-state index contributed by atoms with van der Waals surface area (Å²) in [4.78, 5) is 20.7. The molecule has 2 aliphatic carbocycles. The molecule has 0 radical (unpaired) electrons. The Morgan fingerprint density at radius 2 is 1.58 bits per heavy atom. The molecule has 3 fully saturated rings. The minimum atomic E-state index is 0. The van der Waals surface area contributed by atoms with Crippen molar-refractivity contribution in [2.75, 3.05) is 33.7 Å². The Bertz CT molecular complexity index is 434. The molecule has 138 valence electrons. The van der Waals surface area contributed by atoms with Crippen LogP contribution in [0.1, 0.15) is 51.4 Å². The molecule has 2 unspecified atom stereocenters. The molecule has 1 saturated heterocycles. The van der Waals surface area contributed by atoms with Gasteiger partial charge < -0.3 is 15.1 Å². The fourth-order valence-corrected chi connectivity index (χ4v) is 4.35. The average molecular weight is 448 g/mol. The van der Waals surface area contributed by atoms with Crippen LogP contribution in [0.5, 0.6) is 0 Å². The molecule has 3 rings (SSSR count). The smallest absolute Gasteiger partial charge is 0.243 e. The highest BCUT2D eigenvalue weighted by Gasteiger charge is 2.36. The number of carbonyl (C=O) groups is 1. The second-order valence-corrected chi connectivity index (χ2v) is 7.76. The monoisotopic (exact) mass is 448 g/mol. The average Bonchev–Trinajstić information content (AvgIpc) is 3.19. The van der Waals surface area contributed by atoms with Crippen LogP contribution in [0.3, 0.4) is 0 Å². The molecule has 1 heterocycles. The van der Waals surface area contributed by atoms with E-state index in [0.717, 1.165) is 30.9 Å². The summed E-state index contributed by atoms with van der Waals surface area (Å²) >= 11 is 0. The first-order valence-corrected chi connectivity index (χ1v) is 9.39. The highest BCUT2D eigenvalue weighted by Crippen LogP contribution is 2.36. The molecule has 6 heteroatoms. The Labute approximate surface area is 163 Å². The maximum atomic E-state index is 11.9. The number of nitrogens with one attached hydrogen (secondary N) is 1. The van der Waals surface area contributed by atoms with Crippen molar-refractivity contribution in [1.82, 2.24) is 15.1 Å². The molecular weight excluding hydrogens is 415 g/mol. The zero-order valence-electron chi connectivity index (χ0n) is 15.2. The molecule has 0 aromatic carbocycles. The standard InChI is InChI=1S/C18H32N4O.HI/c1-21(2)17(23)11-19-18(20-16-9-5-6-10-16)22-12-14-7-3-4-8-15(14)13-22;/h14-16H,3-13H2,1-2H3,(H,19,20);1H. The van der Waals surface area contributed by atoms with Crippen molar-refractivity contribution < 1.29 is 4.79 Å². The summed E-state index contributed by atoms with van der Waals surface area (Å²) in [5, 5.41) is 3.67. The molecule has 2 atom stereocenters. The van der Waals surface area contributed by atoms with Gasteiger partial charge >= 0.3 is 0 Å². The summed E-state index contributed by atoms with van der Waals surface area (Å²) in [6.45, 7) is 2.51. The van der Waals surface area contributed by atoms with Crippen molar-refractivity contribution in [3.05, 3.63) is 0 Å². The van der Waals surface area contributed by atoms with E-state index in [0.29, 0.717) is 6.04 Å². The Hall–Kier alpha value is -0.530. The van der Waals surface area contributed by atoms with E-state index in [4.69, 9.17) is 0 Å². The van der Waals surface area contributed by atoms with Gasteiger partial charge in [-0.3, -0.25) is 4.79 Å². The van der Waals surface area contributed by atoms with Gasteiger partial charge in [-0.1, -0.05) is 25.7 Å². The molecule has 1 N–H and O–H groups in total. The number of aliphatic imine (C=N–C) groups is 1. The fraction of sp³-hybridized carbons (Fsp3) is 0.889. The minimum Gasteiger partial charge on any atom is -0.353 e. The predicted octanol–water partition coefficient (Wildman–Crippen LogP) is 2.70. The minimum absolute atomic E-state index is 0. The number of carbonyl (C=O) groups excluding carboxylic acids is 1. The first-order chi connectivity index (χ1) is 11.1. The molecule has 24 heavy (non-hydrogen) atoms. The zero-order valence-corrected chi connectivity index (χ0v) is 17.5. The summed E-state index contributed by atoms with van der Waals surface area (Å²) in [5.41, 5.74) is 0. The first-order valence-electron chi connectivity index (χ1n) is 9.39. The third-order valence-corrected chi connectivity index (χ3v) is 5.83. The number of likely N-dealkylation sites (tertiary alicyclic amines) is 1. The molecule has 0 bridgehead atoms. The highest BCUT2D eigenvalue weighted by molar-refractivity contribution is 14.0. The summed E-state index contributed by atoms with van der Waals surface area (Å²) in [6, 6.07) is 0.547. The third-order valence-electron chi connectivity index (χ3n) is 5.83. The SMILES string of the molecule is CN(C)C(=O)CN=C(NC1CCCC1)N1CC2CCCCC2C1.I. The quantitative estimate of drug-likeness (QED) is 0.411. The zero-order chi connectivity index (χ0) is 16.2. The Kier molecular flexibility index (Phi) is 7.62. The lowest BCUT2D eigenvalue weighted by Crippen LogP contribution is -2.45. The Morgan fingerprint density at radius 1 is 1.04 bits per heavy atom. The van der Waals surface area contributed by atoms with Gasteiger partial charge in [-0.25, -0.2) is 4.99 Å². The van der Waals surface area contributed by atoms with E-state index in [1.807, 2.05) is 0 Å². The van der Waals surface area contributed by atoms with E-state index in [9.17, 15) is 4.79 Å². The number of hydrogen-bond acceptors (Lipinski definition) is 2. The molecule has 0 spiro atoms. The number of rotatable bonds is 3. The molecule has 0 aromatic rings. The van der Waals surface area contributed by atoms with E-state index in [-0.39, 0.29) is 36.4 Å². The normalized spacial score (nSPS) is 27.6. The van der Waals surface area contributed by atoms with E-state index in [2.05, 4.69) is 15.2 Å². The summed E-state index contributed by atoms with van der Waals surface area (Å²) in [7, 11) is 3.60. The molecule has 1 amide bonds. The van der Waals surface area contributed by atoms with E-state index in [1.54, 1.807) is 19.0 Å². The largest absolute Gasteiger partial charge is 0.353 e. The van der Waals surface area contributed by atoms with Crippen molar-refractivity contribution in [2.24, 2.45) is 16.8 Å². The summed E-state index contributed by atoms with van der Waals surface area (Å²) in [6.07, 6.45) is 10.6. The van der Waals surface area contributed by atoms with Crippen molar-refractivity contribution in [3.8, 4) is 0 Å². The van der Waals surface area contributed by atoms with E-state index < -0.39 is 0 Å². The summed E-state index contributed by atoms with van der Waals surface area (Å²) in [5.74, 6) is 2.74. The molecule has 3 aliphatic rings. The van der Waals surface area contributed by atoms with Crippen LogP contribution in [0.15, 0.2) is 4.99 Å². The number of amides is 1. The molecule has 0 aromatic heterocycles. The molecule has 1 aliphatic heterocycles. The maximum Gasteiger partial charge on any atom is 0.243 e. The molecule has 5 nitrogen and oxygen atoms in total. The number of fused-ring (bicyclic) bond motifs is 1. The second kappa shape index (κ2) is 9.25. The van der Waals surface area contributed by atoms with Gasteiger partial charge in [0.1, 0.15) is 6.54 Å². The van der Waals surface area contributed by atoms with Crippen LogP contribution in [-0.4, -0.2) is 61.4 Å². The van der Waals surface area contributed by atoms with Gasteiger partial charge in [-0.15, -0.1) is 24.0 Å². The van der Waals surface area contributed by atoms with Crippen LogP contribution >= 0.6 is 24.0 Å². The van der Waals surface area contributed by atoms with Crippen LogP contribution in [-0.2, 0) is 4.79 Å². The lowest BCUT2D eigenvalue weighted by atomic mass is 9.82. The number of hydrogen-bond donors (Lipinski definition) is 1. The van der Waals surface area contributed by atoms with Crippen LogP contribution in [0, 0.1) is 11.8 Å². The predicted molar refractivity (Wildman–Crippen MR) is 109 cm³/mol. The third kappa shape index (κ3) is 4.99. The van der Waals surface area contributed by atoms with Crippen molar-refractivity contribution in [3.63, 3.8) is 0 Å². The lowest BCUT2D eigenvalue weighted by molar-refractivity contribution is -0.127. The van der Waals surface area contributed by atoms with Crippen LogP contribution in [0.2, 0.25) is 0 Å². The van der Waals surface area contributed by atoms with Gasteiger partial charge in [0.15, 0.2) is 5.96 Å². The number of halogens is 1. The van der Waals surface area contributed by atoms with Gasteiger partial charge in [0.2, 0.25) is 5.91 Å². The molecular formula is C18H33IN4O. The number of nitrogens with zero attached hydrogens (tertiary/aromatic N) is 3. The maximum absolute atomic E-state index is 11.9. The van der Waals surface area contributed by atoms with Crippen LogP contribution in [0.25, 0.3) is 0 Å². The Balaban J connectivity index is 0.00000208. The topological polar surface area (TPSA) is 47.9 Å². The van der Waals surface area contributed by atoms with Crippen LogP contribution in [0.4, 0.5) is 0 Å². The highest BCUT2D eigenvalue weighted by atomic mass is 127. The van der Waals surface area contributed by atoms with E-state index >= 15 is 0 Å². The van der Waals surface area contributed by atoms with Gasteiger partial charge in [0.05, 0.1) is 0 Å². The van der Waals surface area contributed by atoms with E-state index in [1.165, 1.54) is 51.4 Å². The fourth-order valence-electron chi connectivity index (χ4n) is 4.35. The van der Waals surface area contributed by atoms with Gasteiger partial charge in [-0.2, -0.15) is 0 Å². The van der Waals surface area contributed by atoms with Gasteiger partial charge in [0.25, 0.3) is 0 Å². The van der Waals surface area contributed by atoms with Crippen molar-refractivity contribution in [2.45, 2.75) is 57.4 Å². The van der Waals surface area contributed by atoms with Gasteiger partial charge in [-0.05, 0) is 37.5 Å². The van der Waals surface area contributed by atoms with Crippen LogP contribution < -0.4 is 5.32 Å². The Morgan fingerprint density at radius 3 is 2.12 bits per heavy atom. The number of likely N-dealkylation sites (N-methyl/N-ethyl adjacent to an activating group) is 1. The van der Waals surface area contributed by atoms with Crippen molar-refractivity contribution >= 4 is 35.8 Å². The first kappa shape index (κ1) is 19.8.